The Morgan fingerprint density at radius 3 is 3.00 bits per heavy atom. The molecule has 3 nitrogen and oxygen atoms in total. The number of rotatable bonds is 1. The van der Waals surface area contributed by atoms with Gasteiger partial charge >= 0.3 is 0 Å². The molecule has 0 saturated carbocycles. The minimum atomic E-state index is -0.423. The van der Waals surface area contributed by atoms with Crippen molar-refractivity contribution in [2.24, 2.45) is 5.92 Å². The lowest BCUT2D eigenvalue weighted by atomic mass is 9.92. The van der Waals surface area contributed by atoms with Crippen LogP contribution >= 0.6 is 0 Å². The Morgan fingerprint density at radius 1 is 1.45 bits per heavy atom. The Bertz CT molecular complexity index is 511. The first kappa shape index (κ1) is 13.6. The minimum absolute atomic E-state index is 0.182. The number of carbonyl (C=O) groups is 1. The Labute approximate surface area is 118 Å². The fourth-order valence-electron chi connectivity index (χ4n) is 3.44. The van der Waals surface area contributed by atoms with E-state index in [-0.39, 0.29) is 23.7 Å². The number of fused-ring (bicyclic) bond motifs is 1. The van der Waals surface area contributed by atoms with Gasteiger partial charge in [0.2, 0.25) is 0 Å². The van der Waals surface area contributed by atoms with E-state index in [2.05, 4.69) is 6.92 Å². The largest absolute Gasteiger partial charge is 0.375 e. The van der Waals surface area contributed by atoms with Crippen LogP contribution in [0, 0.1) is 18.7 Å². The molecule has 0 bridgehead atoms. The first-order valence-corrected chi connectivity index (χ1v) is 7.26. The van der Waals surface area contributed by atoms with Crippen LogP contribution in [-0.4, -0.2) is 36.1 Å². The molecule has 1 aromatic carbocycles. The number of ether oxygens (including phenoxy) is 1. The number of piperidine rings is 1. The Hall–Kier alpha value is -1.42. The average Bonchev–Trinajstić information content (AvgIpc) is 2.77. The third-order valence-electron chi connectivity index (χ3n) is 4.43. The molecule has 108 valence electrons. The summed E-state index contributed by atoms with van der Waals surface area (Å²) in [5.74, 6) is -0.207. The van der Waals surface area contributed by atoms with Crippen LogP contribution in [0.3, 0.4) is 0 Å². The number of amides is 1. The maximum atomic E-state index is 13.9. The molecule has 2 aliphatic rings. The number of hydrogen-bond donors (Lipinski definition) is 0. The number of nitrogens with zero attached hydrogens (tertiary/aromatic N) is 1. The van der Waals surface area contributed by atoms with E-state index in [0.717, 1.165) is 12.8 Å². The van der Waals surface area contributed by atoms with E-state index in [0.29, 0.717) is 24.6 Å². The standard InChI is InChI=1S/C16H20FNO2/c1-10-4-3-5-13(17)15(10)16(19)18-7-6-14-12(9-18)8-11(2)20-14/h3-5,11-12,14H,6-9H2,1-2H3/t11-,12-,14-/m0/s1. The zero-order chi connectivity index (χ0) is 14.3. The minimum Gasteiger partial charge on any atom is -0.375 e. The van der Waals surface area contributed by atoms with Gasteiger partial charge in [-0.2, -0.15) is 0 Å². The second-order valence-electron chi connectivity index (χ2n) is 5.95. The summed E-state index contributed by atoms with van der Waals surface area (Å²) in [5.41, 5.74) is 0.922. The molecule has 2 aliphatic heterocycles. The van der Waals surface area contributed by atoms with Crippen molar-refractivity contribution in [1.29, 1.82) is 0 Å². The summed E-state index contributed by atoms with van der Waals surface area (Å²) in [6, 6.07) is 4.78. The van der Waals surface area contributed by atoms with E-state index in [1.54, 1.807) is 24.0 Å². The first-order valence-electron chi connectivity index (χ1n) is 7.26. The lowest BCUT2D eigenvalue weighted by Crippen LogP contribution is -2.44. The van der Waals surface area contributed by atoms with Crippen molar-refractivity contribution in [2.45, 2.75) is 38.9 Å². The first-order chi connectivity index (χ1) is 9.56. The lowest BCUT2D eigenvalue weighted by Gasteiger charge is -2.34. The topological polar surface area (TPSA) is 29.5 Å². The zero-order valence-corrected chi connectivity index (χ0v) is 11.9. The Balaban J connectivity index is 1.78. The molecule has 20 heavy (non-hydrogen) atoms. The van der Waals surface area contributed by atoms with Gasteiger partial charge in [-0.1, -0.05) is 12.1 Å². The number of likely N-dealkylation sites (tertiary alicyclic amines) is 1. The number of benzene rings is 1. The molecular weight excluding hydrogens is 257 g/mol. The SMILES string of the molecule is Cc1cccc(F)c1C(=O)N1CC[C@@H]2O[C@@H](C)C[C@H]2C1. The molecule has 3 rings (SSSR count). The van der Waals surface area contributed by atoms with E-state index in [9.17, 15) is 9.18 Å². The predicted molar refractivity (Wildman–Crippen MR) is 74.1 cm³/mol. The van der Waals surface area contributed by atoms with E-state index in [1.807, 2.05) is 0 Å². The Morgan fingerprint density at radius 2 is 2.25 bits per heavy atom. The van der Waals surface area contributed by atoms with Gasteiger partial charge < -0.3 is 9.64 Å². The number of aryl methyl sites for hydroxylation is 1. The van der Waals surface area contributed by atoms with Gasteiger partial charge in [0.25, 0.3) is 5.91 Å². The normalized spacial score (nSPS) is 29.4. The van der Waals surface area contributed by atoms with Gasteiger partial charge in [0.05, 0.1) is 17.8 Å². The summed E-state index contributed by atoms with van der Waals surface area (Å²) in [4.78, 5) is 14.3. The summed E-state index contributed by atoms with van der Waals surface area (Å²) < 4.78 is 19.7. The van der Waals surface area contributed by atoms with Crippen molar-refractivity contribution in [3.63, 3.8) is 0 Å². The van der Waals surface area contributed by atoms with Crippen LogP contribution in [0.4, 0.5) is 4.39 Å². The van der Waals surface area contributed by atoms with Gasteiger partial charge in [-0.3, -0.25) is 4.79 Å². The highest BCUT2D eigenvalue weighted by Crippen LogP contribution is 2.33. The van der Waals surface area contributed by atoms with E-state index < -0.39 is 5.82 Å². The van der Waals surface area contributed by atoms with E-state index >= 15 is 0 Å². The van der Waals surface area contributed by atoms with Crippen molar-refractivity contribution in [3.05, 3.63) is 35.1 Å². The molecule has 2 fully saturated rings. The molecule has 4 heteroatoms. The van der Waals surface area contributed by atoms with Gasteiger partial charge in [0.15, 0.2) is 0 Å². The second-order valence-corrected chi connectivity index (χ2v) is 5.95. The number of hydrogen-bond acceptors (Lipinski definition) is 2. The van der Waals surface area contributed by atoms with Crippen molar-refractivity contribution in [1.82, 2.24) is 4.90 Å². The van der Waals surface area contributed by atoms with Crippen molar-refractivity contribution < 1.29 is 13.9 Å². The van der Waals surface area contributed by atoms with Gasteiger partial charge in [-0.15, -0.1) is 0 Å². The monoisotopic (exact) mass is 277 g/mol. The Kier molecular flexibility index (Phi) is 3.50. The third kappa shape index (κ3) is 2.33. The van der Waals surface area contributed by atoms with Gasteiger partial charge in [-0.05, 0) is 38.3 Å². The summed E-state index contributed by atoms with van der Waals surface area (Å²) >= 11 is 0. The van der Waals surface area contributed by atoms with E-state index in [4.69, 9.17) is 4.74 Å². The molecule has 0 unspecified atom stereocenters. The van der Waals surface area contributed by atoms with Gasteiger partial charge in [0, 0.05) is 19.0 Å². The smallest absolute Gasteiger partial charge is 0.257 e. The summed E-state index contributed by atoms with van der Waals surface area (Å²) in [6.07, 6.45) is 2.39. The van der Waals surface area contributed by atoms with Crippen molar-refractivity contribution in [2.75, 3.05) is 13.1 Å². The highest BCUT2D eigenvalue weighted by Gasteiger charge is 2.39. The molecule has 1 aromatic rings. The quantitative estimate of drug-likeness (QED) is 0.790. The maximum Gasteiger partial charge on any atom is 0.257 e. The van der Waals surface area contributed by atoms with Crippen LogP contribution in [0.2, 0.25) is 0 Å². The summed E-state index contributed by atoms with van der Waals surface area (Å²) in [7, 11) is 0. The van der Waals surface area contributed by atoms with E-state index in [1.165, 1.54) is 6.07 Å². The molecule has 0 radical (unpaired) electrons. The molecule has 0 aliphatic carbocycles. The van der Waals surface area contributed by atoms with Gasteiger partial charge in [-0.25, -0.2) is 4.39 Å². The van der Waals surface area contributed by atoms with Crippen molar-refractivity contribution in [3.8, 4) is 0 Å². The molecule has 0 spiro atoms. The average molecular weight is 277 g/mol. The van der Waals surface area contributed by atoms with Crippen LogP contribution in [0.25, 0.3) is 0 Å². The van der Waals surface area contributed by atoms with Crippen LogP contribution < -0.4 is 0 Å². The molecule has 3 atom stereocenters. The maximum absolute atomic E-state index is 13.9. The van der Waals surface area contributed by atoms with Crippen LogP contribution in [0.15, 0.2) is 18.2 Å². The fourth-order valence-corrected chi connectivity index (χ4v) is 3.44. The molecule has 1 amide bonds. The lowest BCUT2D eigenvalue weighted by molar-refractivity contribution is 0.00852. The fraction of sp³-hybridized carbons (Fsp3) is 0.562. The third-order valence-corrected chi connectivity index (χ3v) is 4.43. The molecule has 2 heterocycles. The van der Waals surface area contributed by atoms with Crippen LogP contribution in [-0.2, 0) is 4.74 Å². The van der Waals surface area contributed by atoms with Crippen molar-refractivity contribution >= 4 is 5.91 Å². The second kappa shape index (κ2) is 5.17. The molecule has 0 aromatic heterocycles. The molecule has 2 saturated heterocycles. The number of halogens is 1. The summed E-state index contributed by atoms with van der Waals surface area (Å²) in [6.45, 7) is 5.19. The highest BCUT2D eigenvalue weighted by atomic mass is 19.1. The summed E-state index contributed by atoms with van der Waals surface area (Å²) in [5, 5.41) is 0. The predicted octanol–water partition coefficient (Wildman–Crippen LogP) is 2.77. The number of carbonyl (C=O) groups excluding carboxylic acids is 1. The highest BCUT2D eigenvalue weighted by molar-refractivity contribution is 5.96. The molecule has 0 N–H and O–H groups in total. The molecular formula is C16H20FNO2. The van der Waals surface area contributed by atoms with Crippen LogP contribution in [0.5, 0.6) is 0 Å². The zero-order valence-electron chi connectivity index (χ0n) is 11.9. The van der Waals surface area contributed by atoms with Crippen LogP contribution in [0.1, 0.15) is 35.7 Å². The van der Waals surface area contributed by atoms with Gasteiger partial charge in [0.1, 0.15) is 5.82 Å².